The minimum absolute atomic E-state index is 0.0287. The molecule has 6 heteroatoms. The van der Waals surface area contributed by atoms with Gasteiger partial charge >= 0.3 is 0 Å². The number of amides is 1. The van der Waals surface area contributed by atoms with Gasteiger partial charge in [-0.1, -0.05) is 24.3 Å². The van der Waals surface area contributed by atoms with Crippen LogP contribution in [-0.4, -0.2) is 36.7 Å². The zero-order chi connectivity index (χ0) is 22.9. The number of hydrogen-bond donors (Lipinski definition) is 1. The Hall–Kier alpha value is -3.28. The zero-order valence-electron chi connectivity index (χ0n) is 19.3. The molecule has 0 saturated heterocycles. The molecule has 1 N–H and O–H groups in total. The van der Waals surface area contributed by atoms with Crippen LogP contribution in [0.3, 0.4) is 0 Å². The smallest absolute Gasteiger partial charge is 0.254 e. The molecule has 2 aromatic carbocycles. The maximum absolute atomic E-state index is 12.2. The molecule has 0 aliphatic heterocycles. The molecule has 0 aliphatic carbocycles. The second kappa shape index (κ2) is 11.4. The standard InChI is InChI=1S/C26H33N3O3/c1-4-29(21-11-7-10-20(2)18-21)16-9-15-27-25(30)14-8-17-32-24-19-26(31)28(3)23-13-6-5-12-22(23)24/h5-7,10-13,18-19H,4,8-9,14-17H2,1-3H3,(H,27,30). The first-order valence-corrected chi connectivity index (χ1v) is 11.3. The van der Waals surface area contributed by atoms with Gasteiger partial charge in [-0.2, -0.15) is 0 Å². The van der Waals surface area contributed by atoms with Crippen molar-refractivity contribution >= 4 is 22.5 Å². The second-order valence-electron chi connectivity index (χ2n) is 8.00. The van der Waals surface area contributed by atoms with Crippen molar-refractivity contribution in [2.24, 2.45) is 7.05 Å². The van der Waals surface area contributed by atoms with Crippen molar-refractivity contribution in [2.45, 2.75) is 33.1 Å². The summed E-state index contributed by atoms with van der Waals surface area (Å²) < 4.78 is 7.44. The molecule has 0 atom stereocenters. The van der Waals surface area contributed by atoms with Gasteiger partial charge in [0, 0.05) is 50.2 Å². The monoisotopic (exact) mass is 435 g/mol. The Bertz CT molecular complexity index is 1110. The molecule has 0 radical (unpaired) electrons. The average Bonchev–Trinajstić information content (AvgIpc) is 2.80. The first-order valence-electron chi connectivity index (χ1n) is 11.3. The predicted octanol–water partition coefficient (Wildman–Crippen LogP) is 4.04. The predicted molar refractivity (Wildman–Crippen MR) is 131 cm³/mol. The van der Waals surface area contributed by atoms with Crippen LogP contribution in [0.25, 0.3) is 10.9 Å². The summed E-state index contributed by atoms with van der Waals surface area (Å²) in [7, 11) is 1.75. The fourth-order valence-corrected chi connectivity index (χ4v) is 3.79. The third-order valence-corrected chi connectivity index (χ3v) is 5.60. The first kappa shape index (κ1) is 23.4. The number of para-hydroxylation sites is 1. The number of benzene rings is 2. The number of pyridine rings is 1. The molecular weight excluding hydrogens is 402 g/mol. The van der Waals surface area contributed by atoms with E-state index < -0.39 is 0 Å². The molecule has 170 valence electrons. The topological polar surface area (TPSA) is 63.6 Å². The van der Waals surface area contributed by atoms with Gasteiger partial charge in [-0.15, -0.1) is 0 Å². The number of nitrogens with one attached hydrogen (secondary N) is 1. The van der Waals surface area contributed by atoms with E-state index in [9.17, 15) is 9.59 Å². The molecule has 1 heterocycles. The van der Waals surface area contributed by atoms with Gasteiger partial charge in [-0.25, -0.2) is 0 Å². The zero-order valence-corrected chi connectivity index (χ0v) is 19.3. The number of carbonyl (C=O) groups is 1. The molecule has 0 aliphatic rings. The molecule has 0 spiro atoms. The van der Waals surface area contributed by atoms with Crippen LogP contribution < -0.4 is 20.5 Å². The van der Waals surface area contributed by atoms with E-state index in [0.717, 1.165) is 30.4 Å². The maximum atomic E-state index is 12.2. The van der Waals surface area contributed by atoms with Gasteiger partial charge in [0.1, 0.15) is 5.75 Å². The lowest BCUT2D eigenvalue weighted by atomic mass is 10.2. The van der Waals surface area contributed by atoms with Gasteiger partial charge in [-0.3, -0.25) is 9.59 Å². The van der Waals surface area contributed by atoms with Gasteiger partial charge in [0.15, 0.2) is 0 Å². The van der Waals surface area contributed by atoms with Crippen LogP contribution in [0.15, 0.2) is 59.4 Å². The molecule has 0 saturated carbocycles. The van der Waals surface area contributed by atoms with E-state index in [4.69, 9.17) is 4.74 Å². The van der Waals surface area contributed by atoms with Crippen molar-refractivity contribution in [3.05, 3.63) is 70.5 Å². The third kappa shape index (κ3) is 6.13. The van der Waals surface area contributed by atoms with Crippen LogP contribution in [0, 0.1) is 6.92 Å². The summed E-state index contributed by atoms with van der Waals surface area (Å²) in [5.41, 5.74) is 3.20. The Labute approximate surface area is 189 Å². The summed E-state index contributed by atoms with van der Waals surface area (Å²) in [6.07, 6.45) is 1.89. The van der Waals surface area contributed by atoms with Crippen LogP contribution in [0.2, 0.25) is 0 Å². The number of aromatic nitrogens is 1. The Morgan fingerprint density at radius 2 is 1.91 bits per heavy atom. The highest BCUT2D eigenvalue weighted by Crippen LogP contribution is 2.23. The van der Waals surface area contributed by atoms with E-state index in [-0.39, 0.29) is 11.5 Å². The van der Waals surface area contributed by atoms with Gasteiger partial charge in [0.25, 0.3) is 5.56 Å². The highest BCUT2D eigenvalue weighted by atomic mass is 16.5. The van der Waals surface area contributed by atoms with E-state index in [1.54, 1.807) is 11.6 Å². The summed E-state index contributed by atoms with van der Waals surface area (Å²) in [4.78, 5) is 26.6. The van der Waals surface area contributed by atoms with Gasteiger partial charge in [-0.05, 0) is 56.5 Å². The Morgan fingerprint density at radius 3 is 2.69 bits per heavy atom. The fraction of sp³-hybridized carbons (Fsp3) is 0.385. The largest absolute Gasteiger partial charge is 0.493 e. The highest BCUT2D eigenvalue weighted by Gasteiger charge is 2.08. The molecule has 1 aromatic heterocycles. The molecule has 0 unspecified atom stereocenters. The number of carbonyl (C=O) groups excluding carboxylic acids is 1. The molecular formula is C26H33N3O3. The van der Waals surface area contributed by atoms with Crippen molar-refractivity contribution in [3.63, 3.8) is 0 Å². The minimum Gasteiger partial charge on any atom is -0.493 e. The van der Waals surface area contributed by atoms with Gasteiger partial charge in [0.05, 0.1) is 12.1 Å². The number of aryl methyl sites for hydroxylation is 2. The van der Waals surface area contributed by atoms with Gasteiger partial charge in [0.2, 0.25) is 5.91 Å². The van der Waals surface area contributed by atoms with Crippen LogP contribution in [-0.2, 0) is 11.8 Å². The SMILES string of the molecule is CCN(CCCNC(=O)CCCOc1cc(=O)n(C)c2ccccc12)c1cccc(C)c1. The lowest BCUT2D eigenvalue weighted by Crippen LogP contribution is -2.30. The molecule has 1 amide bonds. The number of nitrogens with zero attached hydrogens (tertiary/aromatic N) is 2. The van der Waals surface area contributed by atoms with Crippen molar-refractivity contribution in [1.82, 2.24) is 9.88 Å². The highest BCUT2D eigenvalue weighted by molar-refractivity contribution is 5.85. The Kier molecular flexibility index (Phi) is 8.31. The maximum Gasteiger partial charge on any atom is 0.254 e. The van der Waals surface area contributed by atoms with Crippen LogP contribution in [0.5, 0.6) is 5.75 Å². The molecule has 3 rings (SSSR count). The summed E-state index contributed by atoms with van der Waals surface area (Å²) >= 11 is 0. The van der Waals surface area contributed by atoms with E-state index in [1.807, 2.05) is 24.3 Å². The molecule has 0 fully saturated rings. The first-order chi connectivity index (χ1) is 15.5. The van der Waals surface area contributed by atoms with Crippen LogP contribution in [0.1, 0.15) is 31.7 Å². The molecule has 0 bridgehead atoms. The van der Waals surface area contributed by atoms with Crippen LogP contribution >= 0.6 is 0 Å². The summed E-state index contributed by atoms with van der Waals surface area (Å²) in [6, 6.07) is 17.7. The van der Waals surface area contributed by atoms with Crippen molar-refractivity contribution in [1.29, 1.82) is 0 Å². The van der Waals surface area contributed by atoms with Crippen molar-refractivity contribution in [2.75, 3.05) is 31.1 Å². The van der Waals surface area contributed by atoms with Crippen molar-refractivity contribution < 1.29 is 9.53 Å². The second-order valence-corrected chi connectivity index (χ2v) is 8.00. The van der Waals surface area contributed by atoms with Crippen molar-refractivity contribution in [3.8, 4) is 5.75 Å². The van der Waals surface area contributed by atoms with E-state index in [2.05, 4.69) is 48.3 Å². The lowest BCUT2D eigenvalue weighted by Gasteiger charge is -2.23. The fourth-order valence-electron chi connectivity index (χ4n) is 3.79. The number of rotatable bonds is 11. The van der Waals surface area contributed by atoms with E-state index in [0.29, 0.717) is 31.7 Å². The summed E-state index contributed by atoms with van der Waals surface area (Å²) in [6.45, 7) is 7.13. The lowest BCUT2D eigenvalue weighted by molar-refractivity contribution is -0.121. The Morgan fingerprint density at radius 1 is 1.09 bits per heavy atom. The number of ether oxygens (including phenoxy) is 1. The number of fused-ring (bicyclic) bond motifs is 1. The van der Waals surface area contributed by atoms with Crippen LogP contribution in [0.4, 0.5) is 5.69 Å². The molecule has 6 nitrogen and oxygen atoms in total. The van der Waals surface area contributed by atoms with Gasteiger partial charge < -0.3 is 19.5 Å². The summed E-state index contributed by atoms with van der Waals surface area (Å²) in [5.74, 6) is 0.598. The van der Waals surface area contributed by atoms with E-state index >= 15 is 0 Å². The normalized spacial score (nSPS) is 10.8. The molecule has 32 heavy (non-hydrogen) atoms. The number of hydrogen-bond acceptors (Lipinski definition) is 4. The Balaban J connectivity index is 1.38. The molecule has 3 aromatic rings. The average molecular weight is 436 g/mol. The number of anilines is 1. The minimum atomic E-state index is -0.108. The third-order valence-electron chi connectivity index (χ3n) is 5.60. The quantitative estimate of drug-likeness (QED) is 0.462. The van der Waals surface area contributed by atoms with E-state index in [1.165, 1.54) is 17.3 Å². The summed E-state index contributed by atoms with van der Waals surface area (Å²) in [5, 5.41) is 3.89.